The van der Waals surface area contributed by atoms with Crippen LogP contribution in [0.5, 0.6) is 0 Å². The van der Waals surface area contributed by atoms with Crippen molar-refractivity contribution in [3.8, 4) is 0 Å². The van der Waals surface area contributed by atoms with Gasteiger partial charge in [-0.3, -0.25) is 4.79 Å². The van der Waals surface area contributed by atoms with Gasteiger partial charge in [0.25, 0.3) is 5.56 Å². The Kier molecular flexibility index (Phi) is 6.62. The Bertz CT molecular complexity index is 1550. The maximum absolute atomic E-state index is 13.6. The van der Waals surface area contributed by atoms with Crippen LogP contribution in [-0.2, 0) is 23.1 Å². The Hall–Kier alpha value is -3.00. The van der Waals surface area contributed by atoms with E-state index in [9.17, 15) is 17.6 Å². The fourth-order valence-corrected chi connectivity index (χ4v) is 5.51. The van der Waals surface area contributed by atoms with E-state index in [1.165, 1.54) is 40.7 Å². The van der Waals surface area contributed by atoms with Gasteiger partial charge in [-0.15, -0.1) is 0 Å². The van der Waals surface area contributed by atoms with Crippen LogP contribution in [0.25, 0.3) is 10.9 Å². The highest BCUT2D eigenvalue weighted by molar-refractivity contribution is 7.89. The molecule has 0 saturated carbocycles. The molecule has 0 atom stereocenters. The first-order chi connectivity index (χ1) is 16.1. The summed E-state index contributed by atoms with van der Waals surface area (Å²) in [7, 11) is -4.03. The van der Waals surface area contributed by atoms with Gasteiger partial charge in [-0.2, -0.15) is 4.31 Å². The number of hydrogen-bond acceptors (Lipinski definition) is 3. The van der Waals surface area contributed by atoms with Gasteiger partial charge >= 0.3 is 0 Å². The van der Waals surface area contributed by atoms with Crippen molar-refractivity contribution in [1.29, 1.82) is 0 Å². The Morgan fingerprint density at radius 3 is 2.21 bits per heavy atom. The number of sulfonamides is 1. The van der Waals surface area contributed by atoms with Gasteiger partial charge in [0, 0.05) is 29.1 Å². The van der Waals surface area contributed by atoms with E-state index in [1.54, 1.807) is 19.1 Å². The smallest absolute Gasteiger partial charge is 0.252 e. The van der Waals surface area contributed by atoms with E-state index in [0.717, 1.165) is 27.6 Å². The van der Waals surface area contributed by atoms with E-state index >= 15 is 0 Å². The molecule has 8 heteroatoms. The van der Waals surface area contributed by atoms with Gasteiger partial charge in [-0.25, -0.2) is 12.8 Å². The van der Waals surface area contributed by atoms with Crippen LogP contribution < -0.4 is 5.56 Å². The summed E-state index contributed by atoms with van der Waals surface area (Å²) in [5, 5.41) is 1.18. The van der Waals surface area contributed by atoms with Gasteiger partial charge in [0.15, 0.2) is 0 Å². The maximum Gasteiger partial charge on any atom is 0.252 e. The maximum atomic E-state index is 13.6. The summed E-state index contributed by atoms with van der Waals surface area (Å²) in [6.07, 6.45) is 0. The van der Waals surface area contributed by atoms with E-state index in [0.29, 0.717) is 16.1 Å². The first-order valence-electron chi connectivity index (χ1n) is 10.7. The molecule has 0 aliphatic carbocycles. The second-order valence-corrected chi connectivity index (χ2v) is 10.8. The van der Waals surface area contributed by atoms with E-state index in [1.807, 2.05) is 26.0 Å². The van der Waals surface area contributed by atoms with Crippen molar-refractivity contribution >= 4 is 32.5 Å². The second kappa shape index (κ2) is 9.33. The lowest BCUT2D eigenvalue weighted by Crippen LogP contribution is -2.32. The lowest BCUT2D eigenvalue weighted by atomic mass is 10.0. The molecule has 0 bridgehead atoms. The molecule has 0 spiro atoms. The number of fused-ring (bicyclic) bond motifs is 1. The highest BCUT2D eigenvalue weighted by atomic mass is 35.5. The number of nitrogens with zero attached hydrogens (tertiary/aromatic N) is 1. The molecule has 4 rings (SSSR count). The standard InChI is InChI=1S/C26H24ClFN2O3S/c1-16-4-5-18(3)25-23(16)12-20(26(31)29-25)15-30(14-19-7-9-21(28)10-8-19)34(32,33)22-11-6-17(2)24(27)13-22/h4-13H,14-15H2,1-3H3,(H,29,31). The largest absolute Gasteiger partial charge is 0.321 e. The number of nitrogens with one attached hydrogen (secondary N) is 1. The molecule has 0 radical (unpaired) electrons. The number of H-pyrrole nitrogens is 1. The van der Waals surface area contributed by atoms with Crippen molar-refractivity contribution in [1.82, 2.24) is 9.29 Å². The molecule has 1 N–H and O–H groups in total. The minimum atomic E-state index is -4.03. The van der Waals surface area contributed by atoms with Gasteiger partial charge in [-0.05, 0) is 73.4 Å². The third-order valence-electron chi connectivity index (χ3n) is 5.92. The van der Waals surface area contributed by atoms with Crippen LogP contribution in [0, 0.1) is 26.6 Å². The number of hydrogen-bond donors (Lipinski definition) is 1. The van der Waals surface area contributed by atoms with Crippen LogP contribution in [0.3, 0.4) is 0 Å². The van der Waals surface area contributed by atoms with Gasteiger partial charge in [-0.1, -0.05) is 41.9 Å². The zero-order valence-electron chi connectivity index (χ0n) is 19.0. The number of rotatable bonds is 6. The Labute approximate surface area is 202 Å². The van der Waals surface area contributed by atoms with E-state index in [2.05, 4.69) is 4.98 Å². The second-order valence-electron chi connectivity index (χ2n) is 8.42. The topological polar surface area (TPSA) is 70.2 Å². The highest BCUT2D eigenvalue weighted by Crippen LogP contribution is 2.26. The number of halogens is 2. The number of aryl methyl sites for hydroxylation is 3. The SMILES string of the molecule is Cc1ccc(S(=O)(=O)N(Cc2ccc(F)cc2)Cc2cc3c(C)ccc(C)c3[nH]c2=O)cc1Cl. The van der Waals surface area contributed by atoms with E-state index in [-0.39, 0.29) is 23.5 Å². The predicted octanol–water partition coefficient (Wildman–Crippen LogP) is 5.64. The van der Waals surface area contributed by atoms with Crippen LogP contribution in [-0.4, -0.2) is 17.7 Å². The third kappa shape index (κ3) is 4.78. The molecule has 1 aromatic heterocycles. The Balaban J connectivity index is 1.82. The van der Waals surface area contributed by atoms with Crippen molar-refractivity contribution < 1.29 is 12.8 Å². The molecule has 0 unspecified atom stereocenters. The lowest BCUT2D eigenvalue weighted by Gasteiger charge is -2.23. The summed E-state index contributed by atoms with van der Waals surface area (Å²) in [4.78, 5) is 15.9. The normalized spacial score (nSPS) is 11.9. The number of benzene rings is 3. The van der Waals surface area contributed by atoms with Crippen LogP contribution in [0.1, 0.15) is 27.8 Å². The van der Waals surface area contributed by atoms with Crippen LogP contribution in [0.2, 0.25) is 5.02 Å². The van der Waals surface area contributed by atoms with E-state index < -0.39 is 15.8 Å². The van der Waals surface area contributed by atoms with E-state index in [4.69, 9.17) is 11.6 Å². The zero-order chi connectivity index (χ0) is 24.6. The molecular formula is C26H24ClFN2O3S. The van der Waals surface area contributed by atoms with Crippen molar-refractivity contribution in [2.75, 3.05) is 0 Å². The number of aromatic amines is 1. The molecule has 3 aromatic carbocycles. The molecule has 176 valence electrons. The molecule has 0 saturated heterocycles. The predicted molar refractivity (Wildman–Crippen MR) is 133 cm³/mol. The van der Waals surface area contributed by atoms with Crippen molar-refractivity contribution in [2.45, 2.75) is 38.8 Å². The minimum absolute atomic E-state index is 0.0226. The zero-order valence-corrected chi connectivity index (χ0v) is 20.6. The summed E-state index contributed by atoms with van der Waals surface area (Å²) in [5.74, 6) is -0.416. The van der Waals surface area contributed by atoms with Crippen LogP contribution >= 0.6 is 11.6 Å². The lowest BCUT2D eigenvalue weighted by molar-refractivity contribution is 0.399. The van der Waals surface area contributed by atoms with Crippen molar-refractivity contribution in [2.24, 2.45) is 0 Å². The highest BCUT2D eigenvalue weighted by Gasteiger charge is 2.27. The fourth-order valence-electron chi connectivity index (χ4n) is 3.83. The van der Waals surface area contributed by atoms with Gasteiger partial charge in [0.05, 0.1) is 10.4 Å². The van der Waals surface area contributed by atoms with Gasteiger partial charge in [0.1, 0.15) is 5.82 Å². The first kappa shape index (κ1) is 24.1. The minimum Gasteiger partial charge on any atom is -0.321 e. The number of aromatic nitrogens is 1. The summed E-state index contributed by atoms with van der Waals surface area (Å²) in [6, 6.07) is 15.8. The molecular weight excluding hydrogens is 475 g/mol. The molecule has 4 aromatic rings. The molecule has 0 amide bonds. The monoisotopic (exact) mass is 498 g/mol. The quantitative estimate of drug-likeness (QED) is 0.374. The molecule has 5 nitrogen and oxygen atoms in total. The Morgan fingerprint density at radius 2 is 1.53 bits per heavy atom. The Morgan fingerprint density at radius 1 is 0.882 bits per heavy atom. The van der Waals surface area contributed by atoms with Gasteiger partial charge in [0.2, 0.25) is 10.0 Å². The van der Waals surface area contributed by atoms with Crippen molar-refractivity contribution in [3.63, 3.8) is 0 Å². The summed E-state index contributed by atoms with van der Waals surface area (Å²) in [5.41, 5.74) is 3.92. The average Bonchev–Trinajstić information content (AvgIpc) is 2.80. The third-order valence-corrected chi connectivity index (χ3v) is 8.12. The molecule has 0 fully saturated rings. The van der Waals surface area contributed by atoms with Gasteiger partial charge < -0.3 is 4.98 Å². The molecule has 0 aliphatic heterocycles. The van der Waals surface area contributed by atoms with Crippen LogP contribution in [0.4, 0.5) is 4.39 Å². The molecule has 0 aliphatic rings. The van der Waals surface area contributed by atoms with Crippen LogP contribution in [0.15, 0.2) is 70.4 Å². The first-order valence-corrected chi connectivity index (χ1v) is 12.5. The van der Waals surface area contributed by atoms with Crippen molar-refractivity contribution in [3.05, 3.63) is 110 Å². The fraction of sp³-hybridized carbons (Fsp3) is 0.192. The molecule has 1 heterocycles. The molecule has 34 heavy (non-hydrogen) atoms. The average molecular weight is 499 g/mol. The summed E-state index contributed by atoms with van der Waals surface area (Å²) >= 11 is 6.21. The summed E-state index contributed by atoms with van der Waals surface area (Å²) < 4.78 is 41.9. The number of pyridine rings is 1. The summed E-state index contributed by atoms with van der Waals surface area (Å²) in [6.45, 7) is 5.42.